The second-order valence-corrected chi connectivity index (χ2v) is 5.22. The summed E-state index contributed by atoms with van der Waals surface area (Å²) >= 11 is 0. The third-order valence-corrected chi connectivity index (χ3v) is 3.21. The van der Waals surface area contributed by atoms with E-state index in [0.717, 1.165) is 6.07 Å². The third-order valence-electron chi connectivity index (χ3n) is 3.21. The van der Waals surface area contributed by atoms with Crippen LogP contribution in [0.5, 0.6) is 11.5 Å². The molecular weight excluding hydrogens is 323 g/mol. The number of nitriles is 2. The third kappa shape index (κ3) is 4.95. The topological polar surface area (TPSA) is 97.9 Å². The van der Waals surface area contributed by atoms with Crippen molar-refractivity contribution in [3.63, 3.8) is 0 Å². The number of carbonyl (C=O) groups excluding carboxylic acids is 1. The fourth-order valence-electron chi connectivity index (χ4n) is 1.89. The van der Waals surface area contributed by atoms with E-state index in [9.17, 15) is 9.18 Å². The van der Waals surface area contributed by atoms with Gasteiger partial charge in [-0.05, 0) is 31.2 Å². The SMILES string of the molecule is C[C@H](C#N)CNC(=O)Nc1ccc(Oc2ccccc2C#N)c(F)c1. The Bertz CT molecular complexity index is 855. The number of carbonyl (C=O) groups is 1. The zero-order valence-corrected chi connectivity index (χ0v) is 13.4. The van der Waals surface area contributed by atoms with Crippen LogP contribution >= 0.6 is 0 Å². The molecule has 2 aromatic carbocycles. The number of hydrogen-bond acceptors (Lipinski definition) is 4. The van der Waals surface area contributed by atoms with E-state index in [1.165, 1.54) is 12.1 Å². The Kier molecular flexibility index (Phi) is 5.92. The minimum Gasteiger partial charge on any atom is -0.453 e. The van der Waals surface area contributed by atoms with E-state index in [0.29, 0.717) is 0 Å². The Morgan fingerprint density at radius 2 is 2.00 bits per heavy atom. The minimum absolute atomic E-state index is 0.0632. The van der Waals surface area contributed by atoms with Crippen LogP contribution in [-0.4, -0.2) is 12.6 Å². The first-order valence-electron chi connectivity index (χ1n) is 7.44. The molecule has 2 amide bonds. The number of urea groups is 1. The summed E-state index contributed by atoms with van der Waals surface area (Å²) in [5, 5.41) is 22.7. The minimum atomic E-state index is -0.684. The number of benzene rings is 2. The summed E-state index contributed by atoms with van der Waals surface area (Å²) in [5.41, 5.74) is 0.524. The number of nitrogens with zero attached hydrogens (tertiary/aromatic N) is 2. The second kappa shape index (κ2) is 8.32. The van der Waals surface area contributed by atoms with Crippen molar-refractivity contribution in [2.24, 2.45) is 5.92 Å². The zero-order chi connectivity index (χ0) is 18.2. The van der Waals surface area contributed by atoms with Gasteiger partial charge in [-0.2, -0.15) is 10.5 Å². The van der Waals surface area contributed by atoms with Gasteiger partial charge in [0.25, 0.3) is 0 Å². The molecule has 6 nitrogen and oxygen atoms in total. The molecule has 0 unspecified atom stereocenters. The number of amides is 2. The molecule has 2 aromatic rings. The van der Waals surface area contributed by atoms with Crippen molar-refractivity contribution in [2.45, 2.75) is 6.92 Å². The molecule has 0 aliphatic carbocycles. The highest BCUT2D eigenvalue weighted by Gasteiger charge is 2.11. The first-order valence-corrected chi connectivity index (χ1v) is 7.44. The molecule has 0 aromatic heterocycles. The molecule has 0 saturated heterocycles. The summed E-state index contributed by atoms with van der Waals surface area (Å²) < 4.78 is 19.6. The molecule has 0 bridgehead atoms. The first-order chi connectivity index (χ1) is 12.0. The second-order valence-electron chi connectivity index (χ2n) is 5.22. The lowest BCUT2D eigenvalue weighted by Crippen LogP contribution is -2.32. The van der Waals surface area contributed by atoms with E-state index < -0.39 is 11.8 Å². The average Bonchev–Trinajstić information content (AvgIpc) is 2.62. The Morgan fingerprint density at radius 1 is 1.24 bits per heavy atom. The number of anilines is 1. The lowest BCUT2D eigenvalue weighted by Gasteiger charge is -2.11. The Hall–Kier alpha value is -3.58. The molecule has 0 aliphatic heterocycles. The standard InChI is InChI=1S/C18H15FN4O2/c1-12(9-20)11-22-18(24)23-14-6-7-17(15(19)8-14)25-16-5-3-2-4-13(16)10-21/h2-8,12H,11H2,1H3,(H2,22,23,24)/t12-/m1/s1. The molecule has 126 valence electrons. The van der Waals surface area contributed by atoms with Crippen molar-refractivity contribution in [2.75, 3.05) is 11.9 Å². The Labute approximate surface area is 144 Å². The van der Waals surface area contributed by atoms with Crippen LogP contribution < -0.4 is 15.4 Å². The van der Waals surface area contributed by atoms with Gasteiger partial charge in [0.1, 0.15) is 11.8 Å². The van der Waals surface area contributed by atoms with Gasteiger partial charge in [-0.1, -0.05) is 12.1 Å². The van der Waals surface area contributed by atoms with Crippen LogP contribution in [0.2, 0.25) is 0 Å². The van der Waals surface area contributed by atoms with E-state index >= 15 is 0 Å². The van der Waals surface area contributed by atoms with Crippen molar-refractivity contribution in [3.8, 4) is 23.6 Å². The quantitative estimate of drug-likeness (QED) is 0.867. The molecule has 2 rings (SSSR count). The van der Waals surface area contributed by atoms with Crippen molar-refractivity contribution in [3.05, 3.63) is 53.8 Å². The molecule has 0 fully saturated rings. The van der Waals surface area contributed by atoms with Gasteiger partial charge in [0.05, 0.1) is 17.6 Å². The van der Waals surface area contributed by atoms with Crippen molar-refractivity contribution in [1.82, 2.24) is 5.32 Å². The van der Waals surface area contributed by atoms with Gasteiger partial charge in [-0.15, -0.1) is 0 Å². The summed E-state index contributed by atoms with van der Waals surface area (Å²) in [6, 6.07) is 13.8. The van der Waals surface area contributed by atoms with Gasteiger partial charge < -0.3 is 15.4 Å². The number of nitrogens with one attached hydrogen (secondary N) is 2. The van der Waals surface area contributed by atoms with Crippen LogP contribution in [0.3, 0.4) is 0 Å². The molecule has 0 aliphatic rings. The summed E-state index contributed by atoms with van der Waals surface area (Å²) in [6.45, 7) is 1.86. The lowest BCUT2D eigenvalue weighted by molar-refractivity contribution is 0.251. The molecule has 0 spiro atoms. The van der Waals surface area contributed by atoms with Crippen LogP contribution in [0.15, 0.2) is 42.5 Å². The Morgan fingerprint density at radius 3 is 2.68 bits per heavy atom. The molecule has 1 atom stereocenters. The fraction of sp³-hybridized carbons (Fsp3) is 0.167. The average molecular weight is 338 g/mol. The van der Waals surface area contributed by atoms with Gasteiger partial charge >= 0.3 is 6.03 Å². The van der Waals surface area contributed by atoms with E-state index in [1.807, 2.05) is 12.1 Å². The van der Waals surface area contributed by atoms with Gasteiger partial charge in [-0.25, -0.2) is 9.18 Å². The summed E-state index contributed by atoms with van der Waals surface area (Å²) in [6.07, 6.45) is 0. The number of rotatable bonds is 5. The van der Waals surface area contributed by atoms with Crippen molar-refractivity contribution in [1.29, 1.82) is 10.5 Å². The van der Waals surface area contributed by atoms with E-state index in [2.05, 4.69) is 10.6 Å². The van der Waals surface area contributed by atoms with Crippen LogP contribution in [0.4, 0.5) is 14.9 Å². The highest BCUT2D eigenvalue weighted by molar-refractivity contribution is 5.89. The monoisotopic (exact) mass is 338 g/mol. The normalized spacial score (nSPS) is 10.9. The predicted molar refractivity (Wildman–Crippen MR) is 89.4 cm³/mol. The summed E-state index contributed by atoms with van der Waals surface area (Å²) in [4.78, 5) is 11.7. The fourth-order valence-corrected chi connectivity index (χ4v) is 1.89. The molecule has 25 heavy (non-hydrogen) atoms. The van der Waals surface area contributed by atoms with Gasteiger partial charge in [0.15, 0.2) is 11.6 Å². The smallest absolute Gasteiger partial charge is 0.319 e. The molecule has 0 radical (unpaired) electrons. The number of para-hydroxylation sites is 1. The van der Waals surface area contributed by atoms with Crippen LogP contribution in [0.25, 0.3) is 0 Å². The van der Waals surface area contributed by atoms with E-state index in [-0.39, 0.29) is 35.2 Å². The van der Waals surface area contributed by atoms with Gasteiger partial charge in [0.2, 0.25) is 0 Å². The Balaban J connectivity index is 2.04. The van der Waals surface area contributed by atoms with Crippen molar-refractivity contribution < 1.29 is 13.9 Å². The molecular formula is C18H15FN4O2. The number of halogens is 1. The maximum absolute atomic E-state index is 14.2. The van der Waals surface area contributed by atoms with Crippen LogP contribution in [0.1, 0.15) is 12.5 Å². The van der Waals surface area contributed by atoms with Gasteiger partial charge in [0, 0.05) is 18.3 Å². The van der Waals surface area contributed by atoms with Gasteiger partial charge in [-0.3, -0.25) is 0 Å². The lowest BCUT2D eigenvalue weighted by atomic mass is 10.2. The highest BCUT2D eigenvalue weighted by Crippen LogP contribution is 2.28. The highest BCUT2D eigenvalue weighted by atomic mass is 19.1. The number of ether oxygens (including phenoxy) is 1. The molecule has 0 saturated carbocycles. The first kappa shape index (κ1) is 17.8. The molecule has 2 N–H and O–H groups in total. The molecule has 0 heterocycles. The zero-order valence-electron chi connectivity index (χ0n) is 13.4. The van der Waals surface area contributed by atoms with E-state index in [1.54, 1.807) is 31.2 Å². The van der Waals surface area contributed by atoms with Crippen LogP contribution in [0, 0.1) is 34.4 Å². The maximum Gasteiger partial charge on any atom is 0.319 e. The van der Waals surface area contributed by atoms with Crippen LogP contribution in [-0.2, 0) is 0 Å². The predicted octanol–water partition coefficient (Wildman–Crippen LogP) is 3.77. The molecule has 7 heteroatoms. The van der Waals surface area contributed by atoms with E-state index in [4.69, 9.17) is 15.3 Å². The maximum atomic E-state index is 14.2. The number of hydrogen-bond donors (Lipinski definition) is 2. The summed E-state index contributed by atoms with van der Waals surface area (Å²) in [5.74, 6) is -0.825. The summed E-state index contributed by atoms with van der Waals surface area (Å²) in [7, 11) is 0. The van der Waals surface area contributed by atoms with Crippen molar-refractivity contribution >= 4 is 11.7 Å². The largest absolute Gasteiger partial charge is 0.453 e.